The van der Waals surface area contributed by atoms with E-state index in [-0.39, 0.29) is 24.0 Å². The molecule has 0 radical (unpaired) electrons. The molecular weight excluding hydrogens is 440 g/mol. The summed E-state index contributed by atoms with van der Waals surface area (Å²) in [5.41, 5.74) is 7.96. The van der Waals surface area contributed by atoms with Crippen molar-refractivity contribution in [2.45, 2.75) is 13.5 Å². The predicted molar refractivity (Wildman–Crippen MR) is 113 cm³/mol. The maximum Gasteiger partial charge on any atom is 0.280 e. The third-order valence-electron chi connectivity index (χ3n) is 4.01. The number of benzene rings is 2. The number of aromatic nitrogens is 3. The molecule has 1 heterocycles. The van der Waals surface area contributed by atoms with E-state index in [2.05, 4.69) is 36.9 Å². The predicted octanol–water partition coefficient (Wildman–Crippen LogP) is 2.83. The summed E-state index contributed by atoms with van der Waals surface area (Å²) in [6.07, 6.45) is 0. The molecular formula is C19H19BrN6O3. The summed E-state index contributed by atoms with van der Waals surface area (Å²) in [4.78, 5) is 24.8. The van der Waals surface area contributed by atoms with Crippen molar-refractivity contribution in [3.63, 3.8) is 0 Å². The number of nitrogens with two attached hydrogens (primary N) is 1. The largest absolute Gasteiger partial charge is 0.495 e. The number of methoxy groups -OCH3 is 1. The molecule has 0 spiro atoms. The van der Waals surface area contributed by atoms with Gasteiger partial charge < -0.3 is 21.1 Å². The second-order valence-corrected chi connectivity index (χ2v) is 7.11. The smallest absolute Gasteiger partial charge is 0.280 e. The minimum atomic E-state index is -0.550. The van der Waals surface area contributed by atoms with Crippen molar-refractivity contribution in [2.75, 3.05) is 23.5 Å². The van der Waals surface area contributed by atoms with E-state index in [1.165, 1.54) is 7.11 Å². The molecule has 150 valence electrons. The van der Waals surface area contributed by atoms with Crippen LogP contribution in [-0.2, 0) is 11.3 Å². The van der Waals surface area contributed by atoms with Crippen molar-refractivity contribution in [1.29, 1.82) is 0 Å². The van der Waals surface area contributed by atoms with E-state index in [4.69, 9.17) is 10.5 Å². The number of ether oxygens (including phenoxy) is 1. The van der Waals surface area contributed by atoms with Crippen LogP contribution in [0.1, 0.15) is 16.1 Å². The van der Waals surface area contributed by atoms with Crippen molar-refractivity contribution >= 4 is 44.9 Å². The van der Waals surface area contributed by atoms with Gasteiger partial charge in [-0.05, 0) is 48.9 Å². The Morgan fingerprint density at radius 2 is 1.90 bits per heavy atom. The van der Waals surface area contributed by atoms with E-state index in [1.54, 1.807) is 36.4 Å². The van der Waals surface area contributed by atoms with Gasteiger partial charge in [-0.3, -0.25) is 9.59 Å². The first-order chi connectivity index (χ1) is 13.9. The number of carbonyl (C=O) groups is 2. The number of aryl methyl sites for hydroxylation is 1. The van der Waals surface area contributed by atoms with Crippen LogP contribution in [0.25, 0.3) is 0 Å². The lowest BCUT2D eigenvalue weighted by Crippen LogP contribution is -2.21. The van der Waals surface area contributed by atoms with Crippen molar-refractivity contribution in [1.82, 2.24) is 15.0 Å². The highest BCUT2D eigenvalue weighted by Crippen LogP contribution is 2.26. The van der Waals surface area contributed by atoms with Gasteiger partial charge in [0.2, 0.25) is 5.91 Å². The summed E-state index contributed by atoms with van der Waals surface area (Å²) in [6, 6.07) is 12.5. The number of halogens is 1. The molecule has 0 aliphatic carbocycles. The van der Waals surface area contributed by atoms with Crippen LogP contribution in [0.15, 0.2) is 46.9 Å². The molecule has 0 aliphatic heterocycles. The average molecular weight is 459 g/mol. The zero-order valence-electron chi connectivity index (χ0n) is 15.8. The summed E-state index contributed by atoms with van der Waals surface area (Å²) < 4.78 is 7.31. The zero-order valence-corrected chi connectivity index (χ0v) is 17.4. The lowest BCUT2D eigenvalue weighted by Gasteiger charge is -2.10. The van der Waals surface area contributed by atoms with E-state index >= 15 is 0 Å². The Morgan fingerprint density at radius 3 is 2.59 bits per heavy atom. The highest BCUT2D eigenvalue weighted by Gasteiger charge is 2.20. The van der Waals surface area contributed by atoms with Gasteiger partial charge in [-0.15, -0.1) is 5.10 Å². The average Bonchev–Trinajstić information content (AvgIpc) is 3.04. The van der Waals surface area contributed by atoms with Crippen LogP contribution >= 0.6 is 15.9 Å². The van der Waals surface area contributed by atoms with Gasteiger partial charge in [0.25, 0.3) is 5.91 Å². The third kappa shape index (κ3) is 4.91. The molecule has 3 rings (SSSR count). The normalized spacial score (nSPS) is 10.4. The molecule has 9 nitrogen and oxygen atoms in total. The molecule has 2 aromatic carbocycles. The highest BCUT2D eigenvalue weighted by molar-refractivity contribution is 9.10. The fourth-order valence-electron chi connectivity index (χ4n) is 2.57. The quantitative estimate of drug-likeness (QED) is 0.521. The standard InChI is InChI=1S/C19H19BrN6O3/c1-11-3-8-15(29-2)14(9-11)23-19(28)17-18(21)26(25-24-17)10-16(27)22-13-6-4-12(20)5-7-13/h3-9H,10,21H2,1-2H3,(H,22,27)(H,23,28). The molecule has 2 amide bonds. The first-order valence-corrected chi connectivity index (χ1v) is 9.37. The van der Waals surface area contributed by atoms with Crippen LogP contribution in [-0.4, -0.2) is 33.9 Å². The van der Waals surface area contributed by atoms with E-state index in [0.717, 1.165) is 14.7 Å². The molecule has 29 heavy (non-hydrogen) atoms. The Morgan fingerprint density at radius 1 is 1.17 bits per heavy atom. The number of nitrogens with zero attached hydrogens (tertiary/aromatic N) is 3. The molecule has 3 aromatic rings. The second-order valence-electron chi connectivity index (χ2n) is 6.19. The number of rotatable bonds is 6. The van der Waals surface area contributed by atoms with Gasteiger partial charge >= 0.3 is 0 Å². The first kappa shape index (κ1) is 20.3. The fraction of sp³-hybridized carbons (Fsp3) is 0.158. The summed E-state index contributed by atoms with van der Waals surface area (Å²) in [7, 11) is 1.51. The maximum atomic E-state index is 12.6. The Labute approximate surface area is 175 Å². The maximum absolute atomic E-state index is 12.6. The van der Waals surface area contributed by atoms with Crippen molar-refractivity contribution in [2.24, 2.45) is 0 Å². The van der Waals surface area contributed by atoms with Crippen LogP contribution in [0.3, 0.4) is 0 Å². The number of hydrogen-bond acceptors (Lipinski definition) is 6. The molecule has 0 atom stereocenters. The van der Waals surface area contributed by atoms with Gasteiger partial charge in [0, 0.05) is 10.2 Å². The first-order valence-electron chi connectivity index (χ1n) is 8.57. The number of nitrogens with one attached hydrogen (secondary N) is 2. The zero-order chi connectivity index (χ0) is 21.0. The van der Waals surface area contributed by atoms with Crippen LogP contribution in [0.2, 0.25) is 0 Å². The Bertz CT molecular complexity index is 1050. The van der Waals surface area contributed by atoms with Gasteiger partial charge in [-0.1, -0.05) is 27.2 Å². The molecule has 0 fully saturated rings. The molecule has 0 unspecified atom stereocenters. The van der Waals surface area contributed by atoms with E-state index < -0.39 is 5.91 Å². The third-order valence-corrected chi connectivity index (χ3v) is 4.54. The van der Waals surface area contributed by atoms with Gasteiger partial charge in [0.05, 0.1) is 12.8 Å². The number of anilines is 3. The monoisotopic (exact) mass is 458 g/mol. The van der Waals surface area contributed by atoms with Crippen molar-refractivity contribution < 1.29 is 14.3 Å². The number of nitrogen functional groups attached to an aromatic ring is 1. The van der Waals surface area contributed by atoms with E-state index in [1.807, 2.05) is 13.0 Å². The highest BCUT2D eigenvalue weighted by atomic mass is 79.9. The minimum Gasteiger partial charge on any atom is -0.495 e. The Kier molecular flexibility index (Phi) is 6.13. The number of carbonyl (C=O) groups excluding carboxylic acids is 2. The molecule has 1 aromatic heterocycles. The molecule has 0 saturated carbocycles. The number of hydrogen-bond donors (Lipinski definition) is 3. The van der Waals surface area contributed by atoms with Crippen LogP contribution in [0.5, 0.6) is 5.75 Å². The van der Waals surface area contributed by atoms with E-state index in [9.17, 15) is 9.59 Å². The van der Waals surface area contributed by atoms with E-state index in [0.29, 0.717) is 17.1 Å². The topological polar surface area (TPSA) is 124 Å². The van der Waals surface area contributed by atoms with Gasteiger partial charge in [0.1, 0.15) is 12.3 Å². The SMILES string of the molecule is COc1ccc(C)cc1NC(=O)c1nnn(CC(=O)Nc2ccc(Br)cc2)c1N. The molecule has 0 bridgehead atoms. The summed E-state index contributed by atoms with van der Waals surface area (Å²) in [5.74, 6) is -0.411. The Hall–Kier alpha value is -3.40. The minimum absolute atomic E-state index is 0.0138. The van der Waals surface area contributed by atoms with Crippen LogP contribution < -0.4 is 21.1 Å². The van der Waals surface area contributed by atoms with Gasteiger partial charge in [0.15, 0.2) is 11.5 Å². The number of amides is 2. The molecule has 0 aliphatic rings. The summed E-state index contributed by atoms with van der Waals surface area (Å²) in [6.45, 7) is 1.71. The van der Waals surface area contributed by atoms with Gasteiger partial charge in [-0.2, -0.15) is 0 Å². The van der Waals surface area contributed by atoms with Gasteiger partial charge in [-0.25, -0.2) is 4.68 Å². The second kappa shape index (κ2) is 8.74. The van der Waals surface area contributed by atoms with Crippen molar-refractivity contribution in [3.8, 4) is 5.75 Å². The summed E-state index contributed by atoms with van der Waals surface area (Å²) in [5, 5.41) is 13.1. The van der Waals surface area contributed by atoms with Crippen LogP contribution in [0.4, 0.5) is 17.2 Å². The Balaban J connectivity index is 1.70. The van der Waals surface area contributed by atoms with Crippen molar-refractivity contribution in [3.05, 3.63) is 58.2 Å². The summed E-state index contributed by atoms with van der Waals surface area (Å²) >= 11 is 3.33. The lowest BCUT2D eigenvalue weighted by molar-refractivity contribution is -0.116. The molecule has 10 heteroatoms. The van der Waals surface area contributed by atoms with Crippen LogP contribution in [0, 0.1) is 6.92 Å². The lowest BCUT2D eigenvalue weighted by atomic mass is 10.2. The fourth-order valence-corrected chi connectivity index (χ4v) is 2.83. The molecule has 4 N–H and O–H groups in total. The molecule has 0 saturated heterocycles.